The zero-order valence-electron chi connectivity index (χ0n) is 14.2. The summed E-state index contributed by atoms with van der Waals surface area (Å²) in [6.45, 7) is 12.1. The number of hydrogen-bond acceptors (Lipinski definition) is 3. The highest BCUT2D eigenvalue weighted by atomic mass is 16.5. The summed E-state index contributed by atoms with van der Waals surface area (Å²) >= 11 is 0. The van der Waals surface area contributed by atoms with Gasteiger partial charge in [0.05, 0.1) is 12.6 Å². The molecule has 0 saturated heterocycles. The van der Waals surface area contributed by atoms with Crippen molar-refractivity contribution in [1.82, 2.24) is 10.2 Å². The normalized spacial score (nSPS) is 18.2. The number of benzene rings is 1. The smallest absolute Gasteiger partial charge is 0.127 e. The average molecular weight is 290 g/mol. The zero-order chi connectivity index (χ0) is 15.5. The second kappa shape index (κ2) is 6.80. The highest BCUT2D eigenvalue weighted by Crippen LogP contribution is 2.41. The molecular weight excluding hydrogens is 260 g/mol. The molecule has 1 N–H and O–H groups in total. The van der Waals surface area contributed by atoms with Gasteiger partial charge < -0.3 is 10.1 Å². The molecule has 1 aliphatic heterocycles. The zero-order valence-corrected chi connectivity index (χ0v) is 14.2. The lowest BCUT2D eigenvalue weighted by Gasteiger charge is -2.46. The lowest BCUT2D eigenvalue weighted by Crippen LogP contribution is -2.53. The van der Waals surface area contributed by atoms with Gasteiger partial charge in [0.15, 0.2) is 0 Å². The molecule has 3 heteroatoms. The van der Waals surface area contributed by atoms with Crippen LogP contribution in [0.15, 0.2) is 18.2 Å². The maximum atomic E-state index is 5.94. The van der Waals surface area contributed by atoms with Crippen LogP contribution in [0.1, 0.15) is 51.3 Å². The summed E-state index contributed by atoms with van der Waals surface area (Å²) in [5, 5.41) is 3.57. The number of para-hydroxylation sites is 1. The molecule has 2 rings (SSSR count). The van der Waals surface area contributed by atoms with Crippen LogP contribution in [0.5, 0.6) is 5.75 Å². The molecular formula is C18H30N2O. The van der Waals surface area contributed by atoms with Gasteiger partial charge in [0.1, 0.15) is 5.75 Å². The maximum Gasteiger partial charge on any atom is 0.127 e. The van der Waals surface area contributed by atoms with Gasteiger partial charge >= 0.3 is 0 Å². The molecule has 0 fully saturated rings. The third-order valence-corrected chi connectivity index (χ3v) is 5.17. The van der Waals surface area contributed by atoms with Crippen molar-refractivity contribution in [2.24, 2.45) is 0 Å². The summed E-state index contributed by atoms with van der Waals surface area (Å²) in [7, 11) is 2.07. The standard InChI is InChI=1S/C18H30N2O/c1-6-18(4,20(7-2)8-3)17(19-5)15-11-9-10-14-12-13-21-16(14)15/h9-11,17,19H,6-8,12-13H2,1-5H3. The summed E-state index contributed by atoms with van der Waals surface area (Å²) < 4.78 is 5.94. The van der Waals surface area contributed by atoms with Gasteiger partial charge in [-0.1, -0.05) is 39.0 Å². The van der Waals surface area contributed by atoms with Crippen LogP contribution in [-0.4, -0.2) is 37.2 Å². The maximum absolute atomic E-state index is 5.94. The molecule has 2 unspecified atom stereocenters. The molecule has 1 aromatic rings. The van der Waals surface area contributed by atoms with Crippen LogP contribution in [0, 0.1) is 0 Å². The van der Waals surface area contributed by atoms with Gasteiger partial charge in [-0.3, -0.25) is 4.90 Å². The van der Waals surface area contributed by atoms with E-state index in [-0.39, 0.29) is 11.6 Å². The molecule has 1 heterocycles. The van der Waals surface area contributed by atoms with E-state index in [9.17, 15) is 0 Å². The minimum absolute atomic E-state index is 0.0827. The first-order valence-corrected chi connectivity index (χ1v) is 8.29. The predicted molar refractivity (Wildman–Crippen MR) is 89.1 cm³/mol. The molecule has 0 bridgehead atoms. The van der Waals surface area contributed by atoms with Gasteiger partial charge in [-0.25, -0.2) is 0 Å². The quantitative estimate of drug-likeness (QED) is 0.833. The topological polar surface area (TPSA) is 24.5 Å². The molecule has 118 valence electrons. The van der Waals surface area contributed by atoms with Crippen molar-refractivity contribution < 1.29 is 4.74 Å². The van der Waals surface area contributed by atoms with E-state index >= 15 is 0 Å². The molecule has 0 aliphatic carbocycles. The molecule has 2 atom stereocenters. The van der Waals surface area contributed by atoms with E-state index in [1.807, 2.05) is 0 Å². The second-order valence-corrected chi connectivity index (χ2v) is 6.04. The fourth-order valence-electron chi connectivity index (χ4n) is 3.83. The van der Waals surface area contributed by atoms with Gasteiger partial charge in [-0.15, -0.1) is 0 Å². The first kappa shape index (κ1) is 16.3. The van der Waals surface area contributed by atoms with Gasteiger partial charge in [0.2, 0.25) is 0 Å². The van der Waals surface area contributed by atoms with Crippen molar-refractivity contribution >= 4 is 0 Å². The Balaban J connectivity index is 2.45. The van der Waals surface area contributed by atoms with Crippen LogP contribution in [0.2, 0.25) is 0 Å². The molecule has 21 heavy (non-hydrogen) atoms. The molecule has 1 aromatic carbocycles. The van der Waals surface area contributed by atoms with E-state index < -0.39 is 0 Å². The molecule has 0 saturated carbocycles. The van der Waals surface area contributed by atoms with Gasteiger partial charge in [0, 0.05) is 17.5 Å². The minimum Gasteiger partial charge on any atom is -0.493 e. The van der Waals surface area contributed by atoms with Gasteiger partial charge in [-0.05, 0) is 39.0 Å². The average Bonchev–Trinajstić information content (AvgIpc) is 2.98. The van der Waals surface area contributed by atoms with Crippen molar-refractivity contribution in [3.63, 3.8) is 0 Å². The fraction of sp³-hybridized carbons (Fsp3) is 0.667. The number of fused-ring (bicyclic) bond motifs is 1. The molecule has 0 amide bonds. The molecule has 0 spiro atoms. The van der Waals surface area contributed by atoms with E-state index in [0.717, 1.165) is 38.3 Å². The summed E-state index contributed by atoms with van der Waals surface area (Å²) in [6, 6.07) is 6.86. The Hall–Kier alpha value is -1.06. The lowest BCUT2D eigenvalue weighted by atomic mass is 9.82. The van der Waals surface area contributed by atoms with Crippen molar-refractivity contribution in [2.45, 2.75) is 52.1 Å². The monoisotopic (exact) mass is 290 g/mol. The summed E-state index contributed by atoms with van der Waals surface area (Å²) in [6.07, 6.45) is 2.14. The first-order chi connectivity index (χ1) is 10.1. The van der Waals surface area contributed by atoms with Crippen LogP contribution in [-0.2, 0) is 6.42 Å². The Bertz CT molecular complexity index is 470. The minimum atomic E-state index is 0.0827. The summed E-state index contributed by atoms with van der Waals surface area (Å²) in [4.78, 5) is 2.56. The number of ether oxygens (including phenoxy) is 1. The van der Waals surface area contributed by atoms with Crippen LogP contribution < -0.4 is 10.1 Å². The fourth-order valence-corrected chi connectivity index (χ4v) is 3.83. The molecule has 0 aromatic heterocycles. The number of hydrogen-bond donors (Lipinski definition) is 1. The molecule has 0 radical (unpaired) electrons. The van der Waals surface area contributed by atoms with E-state index in [1.165, 1.54) is 11.1 Å². The van der Waals surface area contributed by atoms with Crippen molar-refractivity contribution in [1.29, 1.82) is 0 Å². The van der Waals surface area contributed by atoms with Crippen molar-refractivity contribution in [3.05, 3.63) is 29.3 Å². The van der Waals surface area contributed by atoms with Crippen LogP contribution in [0.3, 0.4) is 0 Å². The third kappa shape index (κ3) is 2.82. The Morgan fingerprint density at radius 2 is 2.00 bits per heavy atom. The van der Waals surface area contributed by atoms with E-state index in [1.54, 1.807) is 0 Å². The van der Waals surface area contributed by atoms with Gasteiger partial charge in [-0.2, -0.15) is 0 Å². The molecule has 3 nitrogen and oxygen atoms in total. The van der Waals surface area contributed by atoms with E-state index in [0.29, 0.717) is 0 Å². The number of rotatable bonds is 7. The highest BCUT2D eigenvalue weighted by Gasteiger charge is 2.39. The van der Waals surface area contributed by atoms with Crippen molar-refractivity contribution in [2.75, 3.05) is 26.7 Å². The Labute approximate surface area is 129 Å². The summed E-state index contributed by atoms with van der Waals surface area (Å²) in [5.74, 6) is 1.11. The highest BCUT2D eigenvalue weighted by molar-refractivity contribution is 5.46. The first-order valence-electron chi connectivity index (χ1n) is 8.29. The van der Waals surface area contributed by atoms with Crippen molar-refractivity contribution in [3.8, 4) is 5.75 Å². The number of nitrogens with zero attached hydrogens (tertiary/aromatic N) is 1. The molecule has 1 aliphatic rings. The Morgan fingerprint density at radius 1 is 1.29 bits per heavy atom. The predicted octanol–water partition coefficient (Wildman–Crippen LogP) is 3.39. The number of likely N-dealkylation sites (N-methyl/N-ethyl adjacent to an activating group) is 2. The Kier molecular flexibility index (Phi) is 5.28. The second-order valence-electron chi connectivity index (χ2n) is 6.04. The van der Waals surface area contributed by atoms with Crippen LogP contribution >= 0.6 is 0 Å². The third-order valence-electron chi connectivity index (χ3n) is 5.17. The van der Waals surface area contributed by atoms with E-state index in [2.05, 4.69) is 63.2 Å². The van der Waals surface area contributed by atoms with Crippen LogP contribution in [0.4, 0.5) is 0 Å². The SMILES string of the molecule is CCN(CC)C(C)(CC)C(NC)c1cccc2c1OCC2. The lowest BCUT2D eigenvalue weighted by molar-refractivity contribution is 0.0718. The summed E-state index contributed by atoms with van der Waals surface area (Å²) in [5.41, 5.74) is 2.74. The van der Waals surface area contributed by atoms with Gasteiger partial charge in [0.25, 0.3) is 0 Å². The van der Waals surface area contributed by atoms with E-state index in [4.69, 9.17) is 4.74 Å². The number of nitrogens with one attached hydrogen (secondary N) is 1. The largest absolute Gasteiger partial charge is 0.493 e. The van der Waals surface area contributed by atoms with Crippen LogP contribution in [0.25, 0.3) is 0 Å². The Morgan fingerprint density at radius 3 is 2.57 bits per heavy atom.